The van der Waals surface area contributed by atoms with Crippen LogP contribution in [0.1, 0.15) is 11.7 Å². The Balaban J connectivity index is 2.07. The molecule has 0 saturated heterocycles. The van der Waals surface area contributed by atoms with Gasteiger partial charge in [0.2, 0.25) is 0 Å². The van der Waals surface area contributed by atoms with Crippen LogP contribution < -0.4 is 14.2 Å². The Hall–Kier alpha value is -1.82. The Morgan fingerprint density at radius 2 is 1.87 bits per heavy atom. The van der Waals surface area contributed by atoms with E-state index in [0.717, 1.165) is 0 Å². The zero-order valence-electron chi connectivity index (χ0n) is 11.8. The third-order valence-corrected chi connectivity index (χ3v) is 4.27. The Bertz CT molecular complexity index is 786. The van der Waals surface area contributed by atoms with Gasteiger partial charge in [0.15, 0.2) is 11.9 Å². The van der Waals surface area contributed by atoms with Crippen molar-refractivity contribution >= 4 is 46.3 Å². The molecule has 0 bridgehead atoms. The minimum absolute atomic E-state index is 0.0123. The lowest BCUT2D eigenvalue weighted by Crippen LogP contribution is -2.33. The van der Waals surface area contributed by atoms with E-state index in [-0.39, 0.29) is 10.6 Å². The van der Waals surface area contributed by atoms with Gasteiger partial charge in [-0.25, -0.2) is 4.79 Å². The quantitative estimate of drug-likeness (QED) is 0.456. The monoisotopic (exact) mass is 368 g/mol. The summed E-state index contributed by atoms with van der Waals surface area (Å²) in [6.45, 7) is 0. The van der Waals surface area contributed by atoms with Gasteiger partial charge >= 0.3 is 5.97 Å². The molecule has 23 heavy (non-hydrogen) atoms. The Kier molecular flexibility index (Phi) is 4.43. The van der Waals surface area contributed by atoms with E-state index in [4.69, 9.17) is 49.6 Å². The number of carbonyl (C=O) groups excluding carboxylic acids is 1. The highest BCUT2D eigenvalue weighted by Crippen LogP contribution is 2.41. The number of halogens is 2. The number of rotatable bonds is 3. The van der Waals surface area contributed by atoms with Crippen LogP contribution >= 0.6 is 35.4 Å². The molecule has 4 nitrogen and oxygen atoms in total. The van der Waals surface area contributed by atoms with Crippen molar-refractivity contribution < 1.29 is 19.0 Å². The molecule has 1 aliphatic rings. The van der Waals surface area contributed by atoms with Gasteiger partial charge in [-0.15, -0.1) is 0 Å². The molecule has 118 valence electrons. The lowest BCUT2D eigenvalue weighted by molar-refractivity contribution is -0.127. The summed E-state index contributed by atoms with van der Waals surface area (Å²) in [5.41, 5.74) is 0.574. The molecule has 2 aromatic carbocycles. The molecule has 0 fully saturated rings. The minimum atomic E-state index is -0.839. The summed E-state index contributed by atoms with van der Waals surface area (Å²) in [5, 5.41) is 0.646. The first-order valence-electron chi connectivity index (χ1n) is 6.56. The molecule has 1 unspecified atom stereocenters. The fourth-order valence-electron chi connectivity index (χ4n) is 2.18. The van der Waals surface area contributed by atoms with Gasteiger partial charge in [0.1, 0.15) is 16.4 Å². The second-order valence-corrected chi connectivity index (χ2v) is 5.96. The molecule has 1 aliphatic heterocycles. The topological polar surface area (TPSA) is 44.8 Å². The zero-order chi connectivity index (χ0) is 16.6. The minimum Gasteiger partial charge on any atom is -0.497 e. The van der Waals surface area contributed by atoms with Gasteiger partial charge in [0.05, 0.1) is 17.2 Å². The SMILES string of the molecule is COc1ccc2c(c1)C(Oc1c(Cl)cccc1Cl)C(=S)C(=O)O2. The van der Waals surface area contributed by atoms with Crippen LogP contribution in [0.5, 0.6) is 17.2 Å². The first kappa shape index (κ1) is 16.1. The fourth-order valence-corrected chi connectivity index (χ4v) is 2.88. The van der Waals surface area contributed by atoms with Crippen LogP contribution in [-0.2, 0) is 4.79 Å². The van der Waals surface area contributed by atoms with Gasteiger partial charge in [-0.05, 0) is 30.3 Å². The van der Waals surface area contributed by atoms with E-state index in [1.54, 1.807) is 36.4 Å². The molecular weight excluding hydrogens is 359 g/mol. The number of methoxy groups -OCH3 is 1. The van der Waals surface area contributed by atoms with Crippen LogP contribution in [0.4, 0.5) is 0 Å². The number of thiocarbonyl (C=S) groups is 1. The van der Waals surface area contributed by atoms with Crippen molar-refractivity contribution in [3.05, 3.63) is 52.0 Å². The van der Waals surface area contributed by atoms with Crippen LogP contribution in [0.2, 0.25) is 10.0 Å². The largest absolute Gasteiger partial charge is 0.497 e. The van der Waals surface area contributed by atoms with E-state index in [0.29, 0.717) is 27.1 Å². The van der Waals surface area contributed by atoms with Crippen LogP contribution in [0.3, 0.4) is 0 Å². The lowest BCUT2D eigenvalue weighted by atomic mass is 10.0. The zero-order valence-corrected chi connectivity index (χ0v) is 14.2. The normalized spacial score (nSPS) is 16.6. The summed E-state index contributed by atoms with van der Waals surface area (Å²) < 4.78 is 16.3. The molecule has 0 aliphatic carbocycles. The molecule has 0 saturated carbocycles. The molecule has 0 aromatic heterocycles. The summed E-state index contributed by atoms with van der Waals surface area (Å²) in [6, 6.07) is 9.97. The van der Waals surface area contributed by atoms with Crippen molar-refractivity contribution in [2.45, 2.75) is 6.10 Å². The predicted octanol–water partition coefficient (Wildman–Crippen LogP) is 4.41. The Morgan fingerprint density at radius 3 is 2.52 bits per heavy atom. The summed E-state index contributed by atoms with van der Waals surface area (Å²) in [5.74, 6) is 0.568. The van der Waals surface area contributed by atoms with E-state index in [2.05, 4.69) is 0 Å². The second-order valence-electron chi connectivity index (χ2n) is 4.71. The molecule has 7 heteroatoms. The first-order valence-corrected chi connectivity index (χ1v) is 7.72. The maximum absolute atomic E-state index is 11.9. The van der Waals surface area contributed by atoms with E-state index in [9.17, 15) is 4.79 Å². The first-order chi connectivity index (χ1) is 11.0. The summed E-state index contributed by atoms with van der Waals surface area (Å²) in [7, 11) is 1.54. The number of ether oxygens (including phenoxy) is 3. The fraction of sp³-hybridized carbons (Fsp3) is 0.125. The average molecular weight is 369 g/mol. The van der Waals surface area contributed by atoms with Crippen LogP contribution in [-0.4, -0.2) is 17.9 Å². The molecule has 0 N–H and O–H groups in total. The van der Waals surface area contributed by atoms with Gasteiger partial charge < -0.3 is 14.2 Å². The van der Waals surface area contributed by atoms with Crippen molar-refractivity contribution in [2.75, 3.05) is 7.11 Å². The number of esters is 1. The smallest absolute Gasteiger partial charge is 0.354 e. The number of carbonyl (C=O) groups is 1. The molecule has 1 heterocycles. The number of hydrogen-bond donors (Lipinski definition) is 0. The Labute approximate surface area is 147 Å². The molecule has 3 rings (SSSR count). The lowest BCUT2D eigenvalue weighted by Gasteiger charge is -2.26. The van der Waals surface area contributed by atoms with Crippen LogP contribution in [0, 0.1) is 0 Å². The highest BCUT2D eigenvalue weighted by Gasteiger charge is 2.35. The van der Waals surface area contributed by atoms with E-state index < -0.39 is 12.1 Å². The molecule has 2 aromatic rings. The van der Waals surface area contributed by atoms with Gasteiger partial charge in [-0.1, -0.05) is 41.5 Å². The van der Waals surface area contributed by atoms with Crippen molar-refractivity contribution in [2.24, 2.45) is 0 Å². The van der Waals surface area contributed by atoms with Gasteiger partial charge in [-0.2, -0.15) is 0 Å². The number of hydrogen-bond acceptors (Lipinski definition) is 5. The Morgan fingerprint density at radius 1 is 1.17 bits per heavy atom. The van der Waals surface area contributed by atoms with Gasteiger partial charge in [-0.3, -0.25) is 0 Å². The van der Waals surface area contributed by atoms with E-state index in [1.165, 1.54) is 7.11 Å². The number of fused-ring (bicyclic) bond motifs is 1. The van der Waals surface area contributed by atoms with Crippen molar-refractivity contribution in [1.29, 1.82) is 0 Å². The summed E-state index contributed by atoms with van der Waals surface area (Å²) in [4.78, 5) is 11.9. The highest BCUT2D eigenvalue weighted by molar-refractivity contribution is 7.82. The van der Waals surface area contributed by atoms with Crippen molar-refractivity contribution in [1.82, 2.24) is 0 Å². The molecule has 0 spiro atoms. The standard InChI is InChI=1S/C16H10Cl2O4S/c1-20-8-5-6-12-9(7-8)13(15(23)16(19)21-12)22-14-10(17)3-2-4-11(14)18/h2-7,13H,1H3. The third kappa shape index (κ3) is 3.00. The van der Waals surface area contributed by atoms with E-state index >= 15 is 0 Å². The molecule has 0 radical (unpaired) electrons. The average Bonchev–Trinajstić information content (AvgIpc) is 2.54. The summed E-state index contributed by atoms with van der Waals surface area (Å²) >= 11 is 17.4. The van der Waals surface area contributed by atoms with Crippen LogP contribution in [0.25, 0.3) is 0 Å². The van der Waals surface area contributed by atoms with Crippen LogP contribution in [0.15, 0.2) is 36.4 Å². The summed E-state index contributed by atoms with van der Waals surface area (Å²) in [6.07, 6.45) is -0.839. The highest BCUT2D eigenvalue weighted by atomic mass is 35.5. The molecule has 1 atom stereocenters. The van der Waals surface area contributed by atoms with Crippen molar-refractivity contribution in [3.63, 3.8) is 0 Å². The second kappa shape index (κ2) is 6.35. The predicted molar refractivity (Wildman–Crippen MR) is 91.1 cm³/mol. The molecular formula is C16H10Cl2O4S. The maximum Gasteiger partial charge on any atom is 0.354 e. The van der Waals surface area contributed by atoms with Gasteiger partial charge in [0.25, 0.3) is 0 Å². The number of para-hydroxylation sites is 1. The van der Waals surface area contributed by atoms with Gasteiger partial charge in [0, 0.05) is 5.56 Å². The molecule has 0 amide bonds. The van der Waals surface area contributed by atoms with Crippen molar-refractivity contribution in [3.8, 4) is 17.2 Å². The third-order valence-electron chi connectivity index (χ3n) is 3.30. The maximum atomic E-state index is 11.9. The number of benzene rings is 2. The van der Waals surface area contributed by atoms with E-state index in [1.807, 2.05) is 0 Å².